The molecule has 1 saturated carbocycles. The van der Waals surface area contributed by atoms with Crippen molar-refractivity contribution in [3.8, 4) is 11.3 Å². The van der Waals surface area contributed by atoms with Gasteiger partial charge < -0.3 is 24.5 Å². The second kappa shape index (κ2) is 33.0. The van der Waals surface area contributed by atoms with Gasteiger partial charge in [-0.15, -0.1) is 0 Å². The van der Waals surface area contributed by atoms with Crippen molar-refractivity contribution < 1.29 is 37.8 Å². The van der Waals surface area contributed by atoms with E-state index in [-0.39, 0.29) is 47.0 Å². The highest BCUT2D eigenvalue weighted by Gasteiger charge is 2.49. The second-order valence-corrected chi connectivity index (χ2v) is 18.4. The molecule has 1 aliphatic carbocycles. The van der Waals surface area contributed by atoms with Crippen LogP contribution in [0.5, 0.6) is 0 Å². The number of aromatic nitrogens is 3. The van der Waals surface area contributed by atoms with Crippen LogP contribution in [0.25, 0.3) is 11.3 Å². The minimum atomic E-state index is -2.68. The van der Waals surface area contributed by atoms with Crippen LogP contribution in [-0.4, -0.2) is 77.2 Å². The quantitative estimate of drug-likeness (QED) is 0.200. The summed E-state index contributed by atoms with van der Waals surface area (Å²) in [5.74, 6) is -2.00. The van der Waals surface area contributed by atoms with Crippen molar-refractivity contribution in [2.45, 2.75) is 198 Å². The lowest BCUT2D eigenvalue weighted by molar-refractivity contribution is -0.168. The lowest BCUT2D eigenvalue weighted by Gasteiger charge is -2.38. The first-order valence-corrected chi connectivity index (χ1v) is 24.2. The number of ketones is 2. The number of halogens is 1. The Bertz CT molecular complexity index is 1560. The fourth-order valence-corrected chi connectivity index (χ4v) is 8.61. The molecule has 0 bridgehead atoms. The summed E-state index contributed by atoms with van der Waals surface area (Å²) in [7, 11) is 4.60. The molecule has 0 radical (unpaired) electrons. The topological polar surface area (TPSA) is 153 Å². The maximum atomic E-state index is 15.7. The third-order valence-electron chi connectivity index (χ3n) is 12.3. The molecule has 0 spiro atoms. The normalized spacial score (nSPS) is 27.6. The molecular weight excluding hydrogens is 812 g/mol. The predicted molar refractivity (Wildman–Crippen MR) is 260 cm³/mol. The molecule has 64 heavy (non-hydrogen) atoms. The lowest BCUT2D eigenvalue weighted by atomic mass is 9.67. The number of hydrogen-bond acceptors (Lipinski definition) is 10. The fraction of sp³-hybridized carbons (Fsp3) is 0.769. The van der Waals surface area contributed by atoms with Gasteiger partial charge in [-0.2, -0.15) is 0 Å². The number of carbonyl (C=O) groups excluding carboxylic acids is 4. The molecule has 2 aliphatic rings. The van der Waals surface area contributed by atoms with Gasteiger partial charge in [0.25, 0.3) is 5.67 Å². The average molecular weight is 905 g/mol. The number of imidazole rings is 1. The highest BCUT2D eigenvalue weighted by Crippen LogP contribution is 2.41. The number of cyclic esters (lactones) is 1. The van der Waals surface area contributed by atoms with Crippen LogP contribution >= 0.6 is 0 Å². The monoisotopic (exact) mass is 905 g/mol. The summed E-state index contributed by atoms with van der Waals surface area (Å²) in [5.41, 5.74) is 5.81. The summed E-state index contributed by atoms with van der Waals surface area (Å²) in [6.45, 7) is 29.0. The summed E-state index contributed by atoms with van der Waals surface area (Å²) < 4.78 is 31.7. The molecule has 2 aromatic heterocycles. The largest absolute Gasteiger partial charge is 0.469 e. The van der Waals surface area contributed by atoms with Crippen LogP contribution in [0, 0.1) is 41.4 Å². The second-order valence-electron chi connectivity index (χ2n) is 18.4. The number of carbonyl (C=O) groups is 4. The van der Waals surface area contributed by atoms with E-state index in [0.717, 1.165) is 43.9 Å². The minimum absolute atomic E-state index is 0.0386. The molecular formula is C52H93FN4O7. The zero-order valence-electron chi connectivity index (χ0n) is 43.6. The van der Waals surface area contributed by atoms with Crippen LogP contribution in [-0.2, 0) is 38.9 Å². The van der Waals surface area contributed by atoms with Gasteiger partial charge in [-0.1, -0.05) is 89.0 Å². The van der Waals surface area contributed by atoms with E-state index in [1.54, 1.807) is 27.3 Å². The van der Waals surface area contributed by atoms with E-state index in [2.05, 4.69) is 64.8 Å². The van der Waals surface area contributed by atoms with Gasteiger partial charge in [0.15, 0.2) is 5.78 Å². The SMILES string of the molecule is CC.CC.CCCCC(C)(C)n1cnc(-c2cccnc2)c1.CC[C@@H]1CC[C@@H](C)C(=O)[C@H](C)C[C@H](C)[C@H](C[C@@H]2C[C@H](C)C[C@H](N)C2)[C@@H](C)C(=O)[C@](C)(F)C(=O)O1.COC.COC(C)=O. The first-order chi connectivity index (χ1) is 30.1. The van der Waals surface area contributed by atoms with Gasteiger partial charge in [0, 0.05) is 74.6 Å². The molecule has 11 nitrogen and oxygen atoms in total. The first kappa shape index (κ1) is 62.6. The molecule has 3 heterocycles. The van der Waals surface area contributed by atoms with E-state index in [0.29, 0.717) is 37.5 Å². The Balaban J connectivity index is 0. The molecule has 10 atom stereocenters. The highest BCUT2D eigenvalue weighted by atomic mass is 19.1. The van der Waals surface area contributed by atoms with Crippen molar-refractivity contribution in [2.75, 3.05) is 21.3 Å². The Morgan fingerprint density at radius 1 is 0.969 bits per heavy atom. The minimum Gasteiger partial charge on any atom is -0.469 e. The number of hydrogen-bond donors (Lipinski definition) is 1. The van der Waals surface area contributed by atoms with Crippen molar-refractivity contribution in [1.82, 2.24) is 14.5 Å². The lowest BCUT2D eigenvalue weighted by Crippen LogP contribution is -2.48. The van der Waals surface area contributed by atoms with Crippen LogP contribution < -0.4 is 5.73 Å². The van der Waals surface area contributed by atoms with Crippen LogP contribution in [0.2, 0.25) is 0 Å². The van der Waals surface area contributed by atoms with Crippen molar-refractivity contribution >= 4 is 23.5 Å². The van der Waals surface area contributed by atoms with Gasteiger partial charge in [0.2, 0.25) is 0 Å². The summed E-state index contributed by atoms with van der Waals surface area (Å²) in [4.78, 5) is 57.5. The summed E-state index contributed by atoms with van der Waals surface area (Å²) in [6.07, 6.45) is 16.8. The van der Waals surface area contributed by atoms with Gasteiger partial charge in [0.05, 0.1) is 19.1 Å². The summed E-state index contributed by atoms with van der Waals surface area (Å²) >= 11 is 0. The van der Waals surface area contributed by atoms with Crippen molar-refractivity contribution in [3.63, 3.8) is 0 Å². The van der Waals surface area contributed by atoms with E-state index in [1.807, 2.05) is 73.1 Å². The maximum Gasteiger partial charge on any atom is 0.351 e. The van der Waals surface area contributed by atoms with Gasteiger partial charge in [-0.05, 0) is 114 Å². The molecule has 370 valence electrons. The number of esters is 2. The molecule has 2 N–H and O–H groups in total. The summed E-state index contributed by atoms with van der Waals surface area (Å²) in [6, 6.07) is 4.12. The average Bonchev–Trinajstić information content (AvgIpc) is 3.79. The zero-order chi connectivity index (χ0) is 49.8. The third-order valence-corrected chi connectivity index (χ3v) is 12.3. The number of rotatable bonds is 8. The van der Waals surface area contributed by atoms with Gasteiger partial charge in [0.1, 0.15) is 11.9 Å². The Morgan fingerprint density at radius 2 is 1.56 bits per heavy atom. The molecule has 0 unspecified atom stereocenters. The molecule has 0 aromatic carbocycles. The Labute approximate surface area is 389 Å². The van der Waals surface area contributed by atoms with Crippen molar-refractivity contribution in [1.29, 1.82) is 0 Å². The molecule has 1 aliphatic heterocycles. The Kier molecular flexibility index (Phi) is 32.3. The number of alkyl halides is 1. The predicted octanol–water partition coefficient (Wildman–Crippen LogP) is 12.0. The number of nitrogens with two attached hydrogens (primary N) is 1. The van der Waals surface area contributed by atoms with E-state index in [1.165, 1.54) is 33.3 Å². The fourth-order valence-electron chi connectivity index (χ4n) is 8.61. The Morgan fingerprint density at radius 3 is 2.06 bits per heavy atom. The molecule has 2 fully saturated rings. The number of pyridine rings is 1. The van der Waals surface area contributed by atoms with Crippen LogP contribution in [0.4, 0.5) is 4.39 Å². The smallest absolute Gasteiger partial charge is 0.351 e. The molecule has 1 saturated heterocycles. The number of unbranched alkanes of at least 4 members (excludes halogenated alkanes) is 1. The van der Waals surface area contributed by atoms with Crippen molar-refractivity contribution in [2.24, 2.45) is 47.2 Å². The summed E-state index contributed by atoms with van der Waals surface area (Å²) in [5, 5.41) is 0. The van der Waals surface area contributed by atoms with E-state index < -0.39 is 29.4 Å². The number of Topliss-reactive ketones (excluding diaryl/α,β-unsaturated/α-hetero) is 2. The maximum absolute atomic E-state index is 15.7. The van der Waals surface area contributed by atoms with E-state index in [9.17, 15) is 19.2 Å². The standard InChI is InChI=1S/C28H48FNO4.C15H21N3.C3H6O2.C2H6O.2C2H6/c1-8-23-10-9-17(3)25(31)19(5)13-18(4)24(15-21-11-16(2)12-22(30)14-21)20(6)26(32)28(7,29)27(33)34-23;1-4-5-8-15(2,3)18-11-14(17-12-18)13-7-6-9-16-10-13;1-3(4)5-2;1-3-2;2*1-2/h16-24H,8-15,30H2,1-7H3;6-7,9-12H,4-5,8H2,1-3H3;1-2H3;1-2H3;2*1-2H3/t16-,17+,18-,19+,20+,21+,22-,23+,24-,28-;;;;;/m0...../s1. The van der Waals surface area contributed by atoms with E-state index in [4.69, 9.17) is 10.5 Å². The number of methoxy groups -OCH3 is 2. The molecule has 12 heteroatoms. The number of nitrogens with zero attached hydrogens (tertiary/aromatic N) is 3. The van der Waals surface area contributed by atoms with Crippen LogP contribution in [0.15, 0.2) is 37.1 Å². The van der Waals surface area contributed by atoms with Crippen LogP contribution in [0.3, 0.4) is 0 Å². The van der Waals surface area contributed by atoms with Crippen LogP contribution in [0.1, 0.15) is 174 Å². The molecule has 2 aromatic rings. The van der Waals surface area contributed by atoms with E-state index >= 15 is 4.39 Å². The Hall–Kier alpha value is -3.51. The molecule has 4 rings (SSSR count). The van der Waals surface area contributed by atoms with Gasteiger partial charge in [-0.3, -0.25) is 19.4 Å². The van der Waals surface area contributed by atoms with Crippen molar-refractivity contribution in [3.05, 3.63) is 37.1 Å². The first-order valence-electron chi connectivity index (χ1n) is 24.2. The van der Waals surface area contributed by atoms with Gasteiger partial charge >= 0.3 is 11.9 Å². The van der Waals surface area contributed by atoms with Gasteiger partial charge in [-0.25, -0.2) is 14.2 Å². The highest BCUT2D eigenvalue weighted by molar-refractivity contribution is 6.07. The zero-order valence-corrected chi connectivity index (χ0v) is 43.6. The number of ether oxygens (including phenoxy) is 3. The molecule has 0 amide bonds. The third kappa shape index (κ3) is 22.1.